The van der Waals surface area contributed by atoms with Gasteiger partial charge in [0.25, 0.3) is 11.8 Å². The van der Waals surface area contributed by atoms with Crippen molar-refractivity contribution in [3.8, 4) is 17.2 Å². The largest absolute Gasteiger partial charge is 0.508 e. The quantitative estimate of drug-likeness (QED) is 0.0769. The third-order valence-electron chi connectivity index (χ3n) is 10.6. The van der Waals surface area contributed by atoms with Gasteiger partial charge in [0.15, 0.2) is 33.0 Å². The SMILES string of the molecule is CCc1ccc(N2C(=O)C3CC=C4C(CC5(Cl)C(=O)N(c6c(F)c(F)c(F)c(F)c6F)C(=O)C5(Cl)C4c4c(OC)cc(O)cc4OC)C3C2=O)cc1. The topological polar surface area (TPSA) is 113 Å². The molecule has 9 nitrogen and oxygen atoms in total. The number of imide groups is 2. The zero-order valence-electron chi connectivity index (χ0n) is 27.4. The number of carbonyl (C=O) groups excluding carboxylic acids is 4. The molecule has 16 heteroatoms. The summed E-state index contributed by atoms with van der Waals surface area (Å²) in [7, 11) is 2.39. The highest BCUT2D eigenvalue weighted by Gasteiger charge is 2.77. The molecule has 2 aliphatic carbocycles. The molecule has 4 aliphatic rings. The number of hydrogen-bond acceptors (Lipinski definition) is 7. The summed E-state index contributed by atoms with van der Waals surface area (Å²) in [4.78, 5) is 52.4. The minimum Gasteiger partial charge on any atom is -0.508 e. The van der Waals surface area contributed by atoms with Crippen LogP contribution in [0.3, 0.4) is 0 Å². The Morgan fingerprint density at radius 1 is 0.808 bits per heavy atom. The number of aryl methyl sites for hydroxylation is 1. The number of halogens is 7. The fraction of sp³-hybridized carbons (Fsp3) is 0.333. The Morgan fingerprint density at radius 3 is 1.90 bits per heavy atom. The molecule has 3 fully saturated rings. The van der Waals surface area contributed by atoms with Crippen molar-refractivity contribution >= 4 is 58.2 Å². The van der Waals surface area contributed by atoms with E-state index in [1.807, 2.05) is 6.92 Å². The summed E-state index contributed by atoms with van der Waals surface area (Å²) < 4.78 is 84.9. The Hall–Kier alpha value is -4.69. The van der Waals surface area contributed by atoms with E-state index in [-0.39, 0.29) is 45.4 Å². The number of phenolic OH excluding ortho intramolecular Hbond substituents is 1. The summed E-state index contributed by atoms with van der Waals surface area (Å²) in [5.41, 5.74) is -0.565. The first-order valence-electron chi connectivity index (χ1n) is 16.0. The lowest BCUT2D eigenvalue weighted by molar-refractivity contribution is -0.125. The average molecular weight is 766 g/mol. The summed E-state index contributed by atoms with van der Waals surface area (Å²) in [6, 6.07) is 8.99. The third kappa shape index (κ3) is 4.52. The van der Waals surface area contributed by atoms with E-state index in [1.54, 1.807) is 30.3 Å². The second-order valence-corrected chi connectivity index (χ2v) is 14.2. The molecule has 7 rings (SSSR count). The van der Waals surface area contributed by atoms with E-state index in [9.17, 15) is 37.5 Å². The highest BCUT2D eigenvalue weighted by Crippen LogP contribution is 2.68. The highest BCUT2D eigenvalue weighted by atomic mass is 35.5. The summed E-state index contributed by atoms with van der Waals surface area (Å²) in [5, 5.41) is 10.5. The number of hydrogen-bond donors (Lipinski definition) is 1. The fourth-order valence-electron chi connectivity index (χ4n) is 8.23. The van der Waals surface area contributed by atoms with E-state index in [0.29, 0.717) is 6.42 Å². The van der Waals surface area contributed by atoms with Gasteiger partial charge in [0.1, 0.15) is 22.9 Å². The molecule has 0 bridgehead atoms. The minimum absolute atomic E-state index is 0.0599. The smallest absolute Gasteiger partial charge is 0.258 e. The maximum Gasteiger partial charge on any atom is 0.258 e. The zero-order chi connectivity index (χ0) is 37.8. The molecule has 1 saturated carbocycles. The molecule has 0 spiro atoms. The number of ether oxygens (including phenoxy) is 2. The van der Waals surface area contributed by atoms with Gasteiger partial charge in [-0.05, 0) is 42.9 Å². The molecule has 0 aromatic heterocycles. The number of amides is 4. The number of fused-ring (bicyclic) bond motifs is 4. The van der Waals surface area contributed by atoms with Gasteiger partial charge in [-0.25, -0.2) is 26.9 Å². The first kappa shape index (κ1) is 35.7. The maximum atomic E-state index is 15.3. The number of anilines is 2. The monoisotopic (exact) mass is 764 g/mol. The van der Waals surface area contributed by atoms with Crippen LogP contribution in [0.25, 0.3) is 0 Å². The van der Waals surface area contributed by atoms with Crippen molar-refractivity contribution in [3.05, 3.63) is 88.3 Å². The molecule has 2 saturated heterocycles. The van der Waals surface area contributed by atoms with Crippen LogP contribution in [0.1, 0.15) is 36.8 Å². The molecule has 3 aromatic rings. The lowest BCUT2D eigenvalue weighted by atomic mass is 9.56. The number of benzene rings is 3. The number of methoxy groups -OCH3 is 2. The Morgan fingerprint density at radius 2 is 1.37 bits per heavy atom. The van der Waals surface area contributed by atoms with Crippen LogP contribution in [0.4, 0.5) is 33.3 Å². The van der Waals surface area contributed by atoms with Crippen LogP contribution in [0.2, 0.25) is 0 Å². The van der Waals surface area contributed by atoms with Crippen molar-refractivity contribution in [2.45, 2.75) is 41.9 Å². The molecule has 52 heavy (non-hydrogen) atoms. The molecule has 6 atom stereocenters. The van der Waals surface area contributed by atoms with Crippen LogP contribution in [0.5, 0.6) is 17.2 Å². The van der Waals surface area contributed by atoms with Gasteiger partial charge in [-0.3, -0.25) is 24.1 Å². The Kier molecular flexibility index (Phi) is 8.37. The van der Waals surface area contributed by atoms with Crippen LogP contribution >= 0.6 is 23.2 Å². The first-order valence-corrected chi connectivity index (χ1v) is 16.7. The number of alkyl halides is 2. The van der Waals surface area contributed by atoms with Crippen molar-refractivity contribution in [2.75, 3.05) is 24.0 Å². The average Bonchev–Trinajstić information content (AvgIpc) is 3.47. The Bertz CT molecular complexity index is 2100. The first-order chi connectivity index (χ1) is 24.6. The van der Waals surface area contributed by atoms with E-state index in [1.165, 1.54) is 14.2 Å². The van der Waals surface area contributed by atoms with Gasteiger partial charge < -0.3 is 14.6 Å². The summed E-state index contributed by atoms with van der Waals surface area (Å²) >= 11 is 14.4. The van der Waals surface area contributed by atoms with Gasteiger partial charge in [0.05, 0.1) is 31.7 Å². The summed E-state index contributed by atoms with van der Waals surface area (Å²) in [6.07, 6.45) is 1.51. The second-order valence-electron chi connectivity index (χ2n) is 13.0. The number of phenols is 1. The van der Waals surface area contributed by atoms with Gasteiger partial charge >= 0.3 is 0 Å². The molecule has 4 amide bonds. The van der Waals surface area contributed by atoms with Crippen molar-refractivity contribution in [1.82, 2.24) is 0 Å². The molecule has 0 radical (unpaired) electrons. The van der Waals surface area contributed by atoms with E-state index in [4.69, 9.17) is 32.7 Å². The normalized spacial score (nSPS) is 28.2. The van der Waals surface area contributed by atoms with E-state index < -0.39 is 98.2 Å². The Balaban J connectivity index is 1.47. The van der Waals surface area contributed by atoms with E-state index in [2.05, 4.69) is 0 Å². The predicted octanol–water partition coefficient (Wildman–Crippen LogP) is 6.44. The highest BCUT2D eigenvalue weighted by molar-refractivity contribution is 6.58. The molecule has 1 N–H and O–H groups in total. The van der Waals surface area contributed by atoms with Crippen molar-refractivity contribution in [1.29, 1.82) is 0 Å². The molecular formula is C36H27Cl2F5N2O7. The van der Waals surface area contributed by atoms with E-state index in [0.717, 1.165) is 22.6 Å². The van der Waals surface area contributed by atoms with Crippen LogP contribution in [-0.2, 0) is 25.6 Å². The maximum absolute atomic E-state index is 15.3. The summed E-state index contributed by atoms with van der Waals surface area (Å²) in [6.45, 7) is 1.93. The third-order valence-corrected chi connectivity index (χ3v) is 12.1. The minimum atomic E-state index is -2.81. The van der Waals surface area contributed by atoms with Crippen LogP contribution in [0.15, 0.2) is 48.0 Å². The standard InChI is InChI=1S/C36H27Cl2F5N2O7/c1-4-14-5-7-15(8-6-14)44-31(47)18-10-9-17-19(22(18)32(44)48)13-35(37)33(49)45(30-28(42)26(40)25(39)27(41)29(30)43)34(50)36(35,38)24(17)23-20(51-2)11-16(46)12-21(23)52-3/h5-9,11-12,18-19,22,24,46H,4,10,13H2,1-3H3. The van der Waals surface area contributed by atoms with Crippen LogP contribution in [-0.4, -0.2) is 52.7 Å². The van der Waals surface area contributed by atoms with Gasteiger partial charge in [-0.15, -0.1) is 23.2 Å². The lowest BCUT2D eigenvalue weighted by Crippen LogP contribution is -2.60. The number of allylic oxidation sites excluding steroid dienone is 2. The predicted molar refractivity (Wildman–Crippen MR) is 176 cm³/mol. The number of rotatable bonds is 6. The summed E-state index contributed by atoms with van der Waals surface area (Å²) in [5.74, 6) is -22.6. The van der Waals surface area contributed by atoms with Crippen molar-refractivity contribution in [3.63, 3.8) is 0 Å². The molecule has 2 heterocycles. The van der Waals surface area contributed by atoms with Crippen molar-refractivity contribution in [2.24, 2.45) is 17.8 Å². The van der Waals surface area contributed by atoms with E-state index >= 15 is 8.78 Å². The molecule has 2 aliphatic heterocycles. The number of aromatic hydroxyl groups is 1. The van der Waals surface area contributed by atoms with Gasteiger partial charge in [0, 0.05) is 23.6 Å². The molecule has 3 aromatic carbocycles. The molecule has 272 valence electrons. The second kappa shape index (κ2) is 12.2. The lowest BCUT2D eigenvalue weighted by Gasteiger charge is -2.51. The van der Waals surface area contributed by atoms with Gasteiger partial charge in [-0.2, -0.15) is 0 Å². The zero-order valence-corrected chi connectivity index (χ0v) is 28.9. The van der Waals surface area contributed by atoms with Crippen molar-refractivity contribution < 1.29 is 55.7 Å². The van der Waals surface area contributed by atoms with Gasteiger partial charge in [0.2, 0.25) is 17.6 Å². The number of carbonyl (C=O) groups is 4. The fourth-order valence-corrected chi connectivity index (χ4v) is 9.15. The van der Waals surface area contributed by atoms with Crippen LogP contribution < -0.4 is 19.3 Å². The van der Waals surface area contributed by atoms with Gasteiger partial charge in [-0.1, -0.05) is 30.7 Å². The van der Waals surface area contributed by atoms with Crippen LogP contribution in [0, 0.1) is 46.8 Å². The number of nitrogens with zero attached hydrogens (tertiary/aromatic N) is 2. The molecule has 6 unspecified atom stereocenters. The molecular weight excluding hydrogens is 738 g/mol. The Labute approximate surface area is 302 Å².